The number of thiazole rings is 1. The maximum atomic E-state index is 12.4. The number of nitro benzene ring substituents is 1. The number of non-ortho nitro benzene ring substituents is 1. The molecule has 8 heteroatoms. The molecule has 0 saturated heterocycles. The molecule has 25 heavy (non-hydrogen) atoms. The van der Waals surface area contributed by atoms with Gasteiger partial charge in [0.15, 0.2) is 4.80 Å². The van der Waals surface area contributed by atoms with E-state index >= 15 is 0 Å². The summed E-state index contributed by atoms with van der Waals surface area (Å²) in [5, 5.41) is 10.7. The zero-order chi connectivity index (χ0) is 17.4. The fourth-order valence-electron chi connectivity index (χ4n) is 2.69. The van der Waals surface area contributed by atoms with Crippen LogP contribution in [0.3, 0.4) is 0 Å². The molecule has 0 bridgehead atoms. The van der Waals surface area contributed by atoms with Crippen molar-refractivity contribution >= 4 is 23.1 Å². The Hall–Kier alpha value is -3.00. The summed E-state index contributed by atoms with van der Waals surface area (Å²) in [4.78, 5) is 27.8. The van der Waals surface area contributed by atoms with Crippen molar-refractivity contribution in [3.05, 3.63) is 72.0 Å². The van der Waals surface area contributed by atoms with Gasteiger partial charge in [0.1, 0.15) is 11.5 Å². The summed E-state index contributed by atoms with van der Waals surface area (Å²) in [7, 11) is 0. The van der Waals surface area contributed by atoms with Crippen molar-refractivity contribution in [3.63, 3.8) is 0 Å². The van der Waals surface area contributed by atoms with Gasteiger partial charge in [-0.3, -0.25) is 24.5 Å². The van der Waals surface area contributed by atoms with Crippen LogP contribution in [0.4, 0.5) is 5.69 Å². The number of aromatic nitrogens is 1. The Morgan fingerprint density at radius 2 is 2.04 bits per heavy atom. The highest BCUT2D eigenvalue weighted by Gasteiger charge is 2.10. The molecular weight excluding hydrogens is 342 g/mol. The van der Waals surface area contributed by atoms with E-state index in [1.165, 1.54) is 23.5 Å². The molecule has 0 amide bonds. The highest BCUT2D eigenvalue weighted by atomic mass is 32.1. The maximum Gasteiger partial charge on any atom is 0.270 e. The Balaban J connectivity index is 1.69. The van der Waals surface area contributed by atoms with Gasteiger partial charge in [-0.1, -0.05) is 11.3 Å². The van der Waals surface area contributed by atoms with E-state index in [2.05, 4.69) is 4.99 Å². The van der Waals surface area contributed by atoms with Crippen LogP contribution in [-0.2, 0) is 6.54 Å². The predicted octanol–water partition coefficient (Wildman–Crippen LogP) is 1.93. The molecule has 2 aromatic heterocycles. The van der Waals surface area contributed by atoms with Crippen molar-refractivity contribution in [1.82, 2.24) is 4.57 Å². The minimum absolute atomic E-state index is 0.0306. The summed E-state index contributed by atoms with van der Waals surface area (Å²) < 4.78 is 8.05. The number of hydrogen-bond donors (Lipinski definition) is 0. The van der Waals surface area contributed by atoms with Crippen molar-refractivity contribution < 1.29 is 9.34 Å². The monoisotopic (exact) mass is 355 g/mol. The van der Waals surface area contributed by atoms with Crippen molar-refractivity contribution in [1.29, 1.82) is 0 Å². The minimum atomic E-state index is -0.442. The Kier molecular flexibility index (Phi) is 3.81. The number of nitro groups is 1. The number of rotatable bonds is 3. The van der Waals surface area contributed by atoms with Gasteiger partial charge in [-0.25, -0.2) is 0 Å². The first-order valence-electron chi connectivity index (χ1n) is 7.72. The highest BCUT2D eigenvalue weighted by molar-refractivity contribution is 7.07. The second-order valence-corrected chi connectivity index (χ2v) is 6.60. The number of benzene rings is 1. The van der Waals surface area contributed by atoms with Crippen LogP contribution in [0, 0.1) is 10.1 Å². The van der Waals surface area contributed by atoms with Crippen LogP contribution in [0.1, 0.15) is 12.2 Å². The molecular formula is C17H13N3O4S. The number of fused-ring (bicyclic) bond motifs is 1. The summed E-state index contributed by atoms with van der Waals surface area (Å²) in [6, 6.07) is 9.70. The minimum Gasteiger partial charge on any atom is -0.457 e. The lowest BCUT2D eigenvalue weighted by Crippen LogP contribution is -2.33. The lowest BCUT2D eigenvalue weighted by Gasteiger charge is -2.03. The second-order valence-electron chi connectivity index (χ2n) is 5.59. The lowest BCUT2D eigenvalue weighted by molar-refractivity contribution is -0.384. The lowest BCUT2D eigenvalue weighted by atomic mass is 10.1. The molecule has 4 rings (SSSR count). The van der Waals surface area contributed by atoms with Gasteiger partial charge >= 0.3 is 0 Å². The quantitative estimate of drug-likeness (QED) is 0.530. The first-order chi connectivity index (χ1) is 12.1. The summed E-state index contributed by atoms with van der Waals surface area (Å²) in [5.41, 5.74) is 0.724. The third-order valence-electron chi connectivity index (χ3n) is 3.94. The van der Waals surface area contributed by atoms with Crippen molar-refractivity contribution in [3.8, 4) is 11.3 Å². The van der Waals surface area contributed by atoms with E-state index in [-0.39, 0.29) is 11.2 Å². The molecule has 1 aromatic carbocycles. The van der Waals surface area contributed by atoms with E-state index < -0.39 is 4.92 Å². The van der Waals surface area contributed by atoms with Gasteiger partial charge in [-0.15, -0.1) is 0 Å². The van der Waals surface area contributed by atoms with Crippen LogP contribution in [-0.4, -0.2) is 16.0 Å². The molecule has 7 nitrogen and oxygen atoms in total. The standard InChI is InChI=1S/C17H13N3O4S/c21-16-15(25-17-18-8-1-9-19(16)17)10-13-6-7-14(24-13)11-2-4-12(5-3-11)20(22)23/h2-7,10H,1,8-9H2. The fraction of sp³-hybridized carbons (Fsp3) is 0.176. The van der Waals surface area contributed by atoms with Crippen molar-refractivity contribution in [2.24, 2.45) is 4.99 Å². The second kappa shape index (κ2) is 6.14. The van der Waals surface area contributed by atoms with E-state index in [0.29, 0.717) is 22.6 Å². The van der Waals surface area contributed by atoms with Crippen LogP contribution >= 0.6 is 11.3 Å². The van der Waals surface area contributed by atoms with E-state index in [0.717, 1.165) is 23.3 Å². The van der Waals surface area contributed by atoms with Crippen molar-refractivity contribution in [2.75, 3.05) is 6.54 Å². The van der Waals surface area contributed by atoms with Gasteiger partial charge in [-0.05, 0) is 30.7 Å². The molecule has 0 spiro atoms. The van der Waals surface area contributed by atoms with E-state index in [4.69, 9.17) is 4.42 Å². The molecule has 1 aliphatic heterocycles. The smallest absolute Gasteiger partial charge is 0.270 e. The van der Waals surface area contributed by atoms with Crippen LogP contribution in [0.2, 0.25) is 0 Å². The Bertz CT molecular complexity index is 1120. The predicted molar refractivity (Wildman–Crippen MR) is 93.2 cm³/mol. The number of furan rings is 1. The van der Waals surface area contributed by atoms with E-state index in [1.807, 2.05) is 0 Å². The molecule has 126 valence electrons. The normalized spacial score (nSPS) is 14.2. The van der Waals surface area contributed by atoms with E-state index in [1.54, 1.807) is 34.9 Å². The summed E-state index contributed by atoms with van der Waals surface area (Å²) in [5.74, 6) is 1.15. The van der Waals surface area contributed by atoms with Gasteiger partial charge in [0.2, 0.25) is 0 Å². The fourth-order valence-corrected chi connectivity index (χ4v) is 3.70. The Morgan fingerprint density at radius 3 is 2.76 bits per heavy atom. The largest absolute Gasteiger partial charge is 0.457 e. The van der Waals surface area contributed by atoms with Crippen LogP contribution in [0.5, 0.6) is 0 Å². The molecule has 0 saturated carbocycles. The average molecular weight is 355 g/mol. The zero-order valence-corrected chi connectivity index (χ0v) is 13.9. The van der Waals surface area contributed by atoms with Gasteiger partial charge in [0.25, 0.3) is 11.2 Å². The first-order valence-corrected chi connectivity index (χ1v) is 8.54. The molecule has 3 aromatic rings. The molecule has 0 fully saturated rings. The van der Waals surface area contributed by atoms with Gasteiger partial charge in [0, 0.05) is 36.9 Å². The average Bonchev–Trinajstić information content (AvgIpc) is 3.21. The van der Waals surface area contributed by atoms with Crippen LogP contribution < -0.4 is 14.9 Å². The zero-order valence-electron chi connectivity index (χ0n) is 13.0. The van der Waals surface area contributed by atoms with Gasteiger partial charge < -0.3 is 4.42 Å². The van der Waals surface area contributed by atoms with Gasteiger partial charge in [-0.2, -0.15) is 0 Å². The maximum absolute atomic E-state index is 12.4. The van der Waals surface area contributed by atoms with E-state index in [9.17, 15) is 14.9 Å². The molecule has 3 heterocycles. The molecule has 0 atom stereocenters. The summed E-state index contributed by atoms with van der Waals surface area (Å²) in [6.07, 6.45) is 2.59. The first kappa shape index (κ1) is 15.5. The third kappa shape index (κ3) is 2.91. The Labute approximate surface area is 145 Å². The number of nitrogens with zero attached hydrogens (tertiary/aromatic N) is 3. The topological polar surface area (TPSA) is 90.6 Å². The van der Waals surface area contributed by atoms with Gasteiger partial charge in [0.05, 0.1) is 9.46 Å². The van der Waals surface area contributed by atoms with Crippen LogP contribution in [0.15, 0.2) is 50.6 Å². The SMILES string of the molecule is O=c1c(=Cc2ccc(-c3ccc([N+](=O)[O-])cc3)o2)sc2n1CCCN=2. The summed E-state index contributed by atoms with van der Waals surface area (Å²) >= 11 is 1.36. The molecule has 0 unspecified atom stereocenters. The molecule has 1 aliphatic rings. The number of hydrogen-bond acceptors (Lipinski definition) is 6. The highest BCUT2D eigenvalue weighted by Crippen LogP contribution is 2.24. The molecule has 0 aliphatic carbocycles. The Morgan fingerprint density at radius 1 is 1.24 bits per heavy atom. The molecule has 0 N–H and O–H groups in total. The van der Waals surface area contributed by atoms with Crippen LogP contribution in [0.25, 0.3) is 17.4 Å². The summed E-state index contributed by atoms with van der Waals surface area (Å²) in [6.45, 7) is 1.46. The molecule has 0 radical (unpaired) electrons. The van der Waals surface area contributed by atoms with Crippen molar-refractivity contribution in [2.45, 2.75) is 13.0 Å². The third-order valence-corrected chi connectivity index (χ3v) is 4.98.